The Kier molecular flexibility index (Phi) is 4.25. The number of amides is 1. The van der Waals surface area contributed by atoms with Crippen LogP contribution < -0.4 is 0 Å². The SMILES string of the molecule is C[C@H]1CN(C(=O)Cn2c(C(F)(F)F)nc3ccccc32)C[C@H](C)O1. The van der Waals surface area contributed by atoms with Crippen molar-refractivity contribution in [3.8, 4) is 0 Å². The van der Waals surface area contributed by atoms with Gasteiger partial charge in [-0.1, -0.05) is 12.1 Å². The zero-order valence-electron chi connectivity index (χ0n) is 13.4. The fourth-order valence-corrected chi connectivity index (χ4v) is 3.07. The highest BCUT2D eigenvalue weighted by Crippen LogP contribution is 2.31. The molecular weight excluding hydrogens is 323 g/mol. The summed E-state index contributed by atoms with van der Waals surface area (Å²) in [5.41, 5.74) is 0.522. The summed E-state index contributed by atoms with van der Waals surface area (Å²) in [6, 6.07) is 6.29. The van der Waals surface area contributed by atoms with Crippen LogP contribution in [0.3, 0.4) is 0 Å². The third-order valence-corrected chi connectivity index (χ3v) is 3.97. The number of ether oxygens (including phenoxy) is 1. The molecular formula is C16H18F3N3O2. The molecule has 1 saturated heterocycles. The molecule has 0 aliphatic carbocycles. The maximum Gasteiger partial charge on any atom is 0.449 e. The second-order valence-electron chi connectivity index (χ2n) is 6.06. The van der Waals surface area contributed by atoms with E-state index in [0.29, 0.717) is 18.6 Å². The lowest BCUT2D eigenvalue weighted by Crippen LogP contribution is -2.49. The highest BCUT2D eigenvalue weighted by atomic mass is 19.4. The predicted molar refractivity (Wildman–Crippen MR) is 81.3 cm³/mol. The Balaban J connectivity index is 1.93. The molecule has 2 atom stereocenters. The summed E-state index contributed by atoms with van der Waals surface area (Å²) >= 11 is 0. The Bertz CT molecular complexity index is 747. The van der Waals surface area contributed by atoms with E-state index >= 15 is 0 Å². The predicted octanol–water partition coefficient (Wildman–Crippen LogP) is 2.69. The number of para-hydroxylation sites is 2. The van der Waals surface area contributed by atoms with E-state index in [9.17, 15) is 18.0 Å². The molecule has 1 aromatic heterocycles. The standard InChI is InChI=1S/C16H18F3N3O2/c1-10-7-21(8-11(2)24-10)14(23)9-22-13-6-4-3-5-12(13)20-15(22)16(17,18)19/h3-6,10-11H,7-9H2,1-2H3/t10-,11-/m0/s1. The maximum absolute atomic E-state index is 13.3. The van der Waals surface area contributed by atoms with E-state index in [1.807, 2.05) is 13.8 Å². The lowest BCUT2D eigenvalue weighted by atomic mass is 10.2. The highest BCUT2D eigenvalue weighted by molar-refractivity contribution is 5.81. The number of nitrogens with zero attached hydrogens (tertiary/aromatic N) is 3. The summed E-state index contributed by atoms with van der Waals surface area (Å²) in [6.07, 6.45) is -4.90. The number of benzene rings is 1. The minimum absolute atomic E-state index is 0.140. The van der Waals surface area contributed by atoms with Crippen molar-refractivity contribution in [2.75, 3.05) is 13.1 Å². The molecule has 130 valence electrons. The molecule has 1 aliphatic rings. The number of carbonyl (C=O) groups excluding carboxylic acids is 1. The van der Waals surface area contributed by atoms with Crippen LogP contribution in [0.25, 0.3) is 11.0 Å². The molecule has 8 heteroatoms. The highest BCUT2D eigenvalue weighted by Gasteiger charge is 2.38. The number of hydrogen-bond donors (Lipinski definition) is 0. The Labute approximate surface area is 137 Å². The normalized spacial score (nSPS) is 22.1. The molecule has 24 heavy (non-hydrogen) atoms. The molecule has 2 aromatic rings. The van der Waals surface area contributed by atoms with Crippen LogP contribution in [-0.2, 0) is 22.3 Å². The van der Waals surface area contributed by atoms with Gasteiger partial charge in [-0.15, -0.1) is 0 Å². The third kappa shape index (κ3) is 3.24. The van der Waals surface area contributed by atoms with Crippen LogP contribution in [0.2, 0.25) is 0 Å². The third-order valence-electron chi connectivity index (χ3n) is 3.97. The second kappa shape index (κ2) is 6.08. The summed E-state index contributed by atoms with van der Waals surface area (Å²) in [5, 5.41) is 0. The van der Waals surface area contributed by atoms with E-state index in [1.54, 1.807) is 17.0 Å². The van der Waals surface area contributed by atoms with Crippen LogP contribution in [0.5, 0.6) is 0 Å². The molecule has 0 saturated carbocycles. The minimum atomic E-state index is -4.62. The molecule has 0 spiro atoms. The number of aromatic nitrogens is 2. The van der Waals surface area contributed by atoms with Crippen LogP contribution >= 0.6 is 0 Å². The topological polar surface area (TPSA) is 47.4 Å². The largest absolute Gasteiger partial charge is 0.449 e. The molecule has 0 unspecified atom stereocenters. The van der Waals surface area contributed by atoms with Crippen LogP contribution in [0.15, 0.2) is 24.3 Å². The summed E-state index contributed by atoms with van der Waals surface area (Å²) in [5.74, 6) is -1.42. The van der Waals surface area contributed by atoms with E-state index in [2.05, 4.69) is 4.98 Å². The Morgan fingerprint density at radius 3 is 2.50 bits per heavy atom. The molecule has 0 bridgehead atoms. The number of alkyl halides is 3. The van der Waals surface area contributed by atoms with Crippen LogP contribution in [-0.4, -0.2) is 45.7 Å². The van der Waals surface area contributed by atoms with Gasteiger partial charge in [-0.25, -0.2) is 4.98 Å². The zero-order valence-corrected chi connectivity index (χ0v) is 13.4. The van der Waals surface area contributed by atoms with Crippen LogP contribution in [0, 0.1) is 0 Å². The number of halogens is 3. The van der Waals surface area contributed by atoms with E-state index in [0.717, 1.165) is 4.57 Å². The van der Waals surface area contributed by atoms with Gasteiger partial charge in [0.1, 0.15) is 6.54 Å². The van der Waals surface area contributed by atoms with Gasteiger partial charge in [-0.05, 0) is 26.0 Å². The van der Waals surface area contributed by atoms with Gasteiger partial charge in [0, 0.05) is 13.1 Å². The number of rotatable bonds is 2. The lowest BCUT2D eigenvalue weighted by Gasteiger charge is -2.35. The molecule has 2 heterocycles. The van der Waals surface area contributed by atoms with Crippen molar-refractivity contribution in [2.24, 2.45) is 0 Å². The summed E-state index contributed by atoms with van der Waals surface area (Å²) in [4.78, 5) is 17.7. The van der Waals surface area contributed by atoms with E-state index in [-0.39, 0.29) is 23.6 Å². The Hall–Kier alpha value is -2.09. The van der Waals surface area contributed by atoms with Gasteiger partial charge in [0.2, 0.25) is 11.7 Å². The quantitative estimate of drug-likeness (QED) is 0.844. The minimum Gasteiger partial charge on any atom is -0.372 e. The average Bonchev–Trinajstić information content (AvgIpc) is 2.85. The van der Waals surface area contributed by atoms with E-state index < -0.39 is 18.5 Å². The maximum atomic E-state index is 13.3. The van der Waals surface area contributed by atoms with Crippen molar-refractivity contribution < 1.29 is 22.7 Å². The average molecular weight is 341 g/mol. The monoisotopic (exact) mass is 341 g/mol. The molecule has 0 radical (unpaired) electrons. The van der Waals surface area contributed by atoms with Gasteiger partial charge >= 0.3 is 6.18 Å². The van der Waals surface area contributed by atoms with E-state index in [4.69, 9.17) is 4.74 Å². The number of fused-ring (bicyclic) bond motifs is 1. The van der Waals surface area contributed by atoms with Gasteiger partial charge in [0.05, 0.1) is 23.2 Å². The van der Waals surface area contributed by atoms with Crippen molar-refractivity contribution in [3.63, 3.8) is 0 Å². The van der Waals surface area contributed by atoms with Crippen molar-refractivity contribution in [1.29, 1.82) is 0 Å². The molecule has 0 N–H and O–H groups in total. The van der Waals surface area contributed by atoms with Crippen LogP contribution in [0.4, 0.5) is 13.2 Å². The smallest absolute Gasteiger partial charge is 0.372 e. The molecule has 1 aliphatic heterocycles. The van der Waals surface area contributed by atoms with Crippen molar-refractivity contribution in [1.82, 2.24) is 14.5 Å². The zero-order chi connectivity index (χ0) is 17.5. The molecule has 1 aromatic carbocycles. The molecule has 1 amide bonds. The molecule has 3 rings (SSSR count). The summed E-state index contributed by atoms with van der Waals surface area (Å²) < 4.78 is 46.3. The van der Waals surface area contributed by atoms with Crippen molar-refractivity contribution in [2.45, 2.75) is 38.8 Å². The number of carbonyl (C=O) groups is 1. The molecule has 5 nitrogen and oxygen atoms in total. The van der Waals surface area contributed by atoms with Gasteiger partial charge in [0.15, 0.2) is 0 Å². The van der Waals surface area contributed by atoms with Gasteiger partial charge in [0.25, 0.3) is 0 Å². The fourth-order valence-electron chi connectivity index (χ4n) is 3.07. The summed E-state index contributed by atoms with van der Waals surface area (Å²) in [7, 11) is 0. The van der Waals surface area contributed by atoms with Crippen LogP contribution in [0.1, 0.15) is 19.7 Å². The first kappa shape index (κ1) is 16.8. The van der Waals surface area contributed by atoms with E-state index in [1.165, 1.54) is 12.1 Å². The van der Waals surface area contributed by atoms with Gasteiger partial charge < -0.3 is 14.2 Å². The number of hydrogen-bond acceptors (Lipinski definition) is 3. The van der Waals surface area contributed by atoms with Gasteiger partial charge in [-0.2, -0.15) is 13.2 Å². The Morgan fingerprint density at radius 2 is 1.88 bits per heavy atom. The lowest BCUT2D eigenvalue weighted by molar-refractivity contribution is -0.150. The first-order chi connectivity index (χ1) is 11.3. The van der Waals surface area contributed by atoms with Crippen molar-refractivity contribution >= 4 is 16.9 Å². The fraction of sp³-hybridized carbons (Fsp3) is 0.500. The first-order valence-corrected chi connectivity index (χ1v) is 7.71. The van der Waals surface area contributed by atoms with Crippen molar-refractivity contribution in [3.05, 3.63) is 30.1 Å². The number of morpholine rings is 1. The molecule has 1 fully saturated rings. The second-order valence-corrected chi connectivity index (χ2v) is 6.06. The van der Waals surface area contributed by atoms with Gasteiger partial charge in [-0.3, -0.25) is 4.79 Å². The Morgan fingerprint density at radius 1 is 1.25 bits per heavy atom. The summed E-state index contributed by atoms with van der Waals surface area (Å²) in [6.45, 7) is 4.02. The first-order valence-electron chi connectivity index (χ1n) is 7.71. The number of imidazole rings is 1.